The van der Waals surface area contributed by atoms with E-state index in [-0.39, 0.29) is 5.60 Å². The largest absolute Gasteiger partial charge is 0.366 e. The summed E-state index contributed by atoms with van der Waals surface area (Å²) < 4.78 is 5.76. The highest BCUT2D eigenvalue weighted by Crippen LogP contribution is 2.45. The van der Waals surface area contributed by atoms with E-state index in [0.717, 1.165) is 0 Å². The molecule has 0 amide bonds. The van der Waals surface area contributed by atoms with Crippen molar-refractivity contribution in [3.63, 3.8) is 0 Å². The van der Waals surface area contributed by atoms with Crippen LogP contribution in [0.3, 0.4) is 0 Å². The number of rotatable bonds is 5. The minimum atomic E-state index is 0.251. The van der Waals surface area contributed by atoms with Crippen LogP contribution in [0.2, 0.25) is 0 Å². The molecule has 1 heteroatoms. The number of hydrogen-bond acceptors (Lipinski definition) is 1. The molecule has 1 heterocycles. The van der Waals surface area contributed by atoms with Crippen molar-refractivity contribution < 1.29 is 4.74 Å². The number of allylic oxidation sites excluding steroid dienone is 2. The fourth-order valence-electron chi connectivity index (χ4n) is 2.02. The summed E-state index contributed by atoms with van der Waals surface area (Å²) >= 11 is 0. The topological polar surface area (TPSA) is 12.5 Å². The molecule has 2 unspecified atom stereocenters. The lowest BCUT2D eigenvalue weighted by Gasteiger charge is -2.07. The van der Waals surface area contributed by atoms with Gasteiger partial charge in [0.15, 0.2) is 0 Å². The Morgan fingerprint density at radius 3 is 2.46 bits per heavy atom. The molecule has 2 atom stereocenters. The number of ether oxygens (including phenoxy) is 1. The molecule has 0 saturated carbocycles. The maximum atomic E-state index is 5.76. The van der Waals surface area contributed by atoms with Gasteiger partial charge in [-0.2, -0.15) is 0 Å². The maximum Gasteiger partial charge on any atom is 0.0948 e. The summed E-state index contributed by atoms with van der Waals surface area (Å²) in [5.74, 6) is 0. The third-order valence-corrected chi connectivity index (χ3v) is 3.00. The van der Waals surface area contributed by atoms with Crippen molar-refractivity contribution in [2.45, 2.75) is 65.1 Å². The predicted octanol–water partition coefficient (Wildman–Crippen LogP) is 3.69. The Kier molecular flexibility index (Phi) is 3.55. The lowest BCUT2D eigenvalue weighted by molar-refractivity contribution is 0.273. The molecule has 1 fully saturated rings. The van der Waals surface area contributed by atoms with Crippen molar-refractivity contribution in [1.82, 2.24) is 0 Å². The first kappa shape index (κ1) is 10.8. The van der Waals surface area contributed by atoms with Gasteiger partial charge in [0.25, 0.3) is 0 Å². The Hall–Kier alpha value is -0.300. The second kappa shape index (κ2) is 4.28. The molecule has 0 radical (unpaired) electrons. The van der Waals surface area contributed by atoms with Crippen LogP contribution in [0.5, 0.6) is 0 Å². The van der Waals surface area contributed by atoms with Gasteiger partial charge in [-0.3, -0.25) is 0 Å². The van der Waals surface area contributed by atoms with Crippen LogP contribution >= 0.6 is 0 Å². The average molecular weight is 182 g/mol. The molecule has 1 saturated heterocycles. The van der Waals surface area contributed by atoms with Crippen molar-refractivity contribution in [3.8, 4) is 0 Å². The van der Waals surface area contributed by atoms with Gasteiger partial charge in [0, 0.05) is 0 Å². The van der Waals surface area contributed by atoms with Crippen LogP contribution in [0.4, 0.5) is 0 Å². The van der Waals surface area contributed by atoms with E-state index >= 15 is 0 Å². The summed E-state index contributed by atoms with van der Waals surface area (Å²) in [6, 6.07) is 0. The first-order valence-electron chi connectivity index (χ1n) is 5.45. The van der Waals surface area contributed by atoms with Crippen LogP contribution in [0.25, 0.3) is 0 Å². The molecular formula is C12H22O. The summed E-state index contributed by atoms with van der Waals surface area (Å²) in [6.45, 7) is 8.76. The Bertz CT molecular complexity index is 191. The molecule has 0 aliphatic carbocycles. The van der Waals surface area contributed by atoms with Crippen LogP contribution < -0.4 is 0 Å². The van der Waals surface area contributed by atoms with Crippen molar-refractivity contribution in [2.24, 2.45) is 0 Å². The summed E-state index contributed by atoms with van der Waals surface area (Å²) in [5.41, 5.74) is 1.67. The quantitative estimate of drug-likeness (QED) is 0.466. The fraction of sp³-hybridized carbons (Fsp3) is 0.833. The fourth-order valence-corrected chi connectivity index (χ4v) is 2.02. The molecule has 1 nitrogen and oxygen atoms in total. The van der Waals surface area contributed by atoms with Crippen LogP contribution in [0.1, 0.15) is 53.4 Å². The van der Waals surface area contributed by atoms with Gasteiger partial charge in [0.2, 0.25) is 0 Å². The molecular weight excluding hydrogens is 160 g/mol. The lowest BCUT2D eigenvalue weighted by Crippen LogP contribution is -2.12. The van der Waals surface area contributed by atoms with E-state index < -0.39 is 0 Å². The molecule has 0 spiro atoms. The van der Waals surface area contributed by atoms with Gasteiger partial charge in [-0.15, -0.1) is 0 Å². The summed E-state index contributed by atoms with van der Waals surface area (Å²) in [7, 11) is 0. The highest BCUT2D eigenvalue weighted by molar-refractivity contribution is 5.03. The average Bonchev–Trinajstić information content (AvgIpc) is 2.79. The van der Waals surface area contributed by atoms with Crippen molar-refractivity contribution >= 4 is 0 Å². The van der Waals surface area contributed by atoms with E-state index in [1.165, 1.54) is 31.3 Å². The Morgan fingerprint density at radius 2 is 2.08 bits per heavy atom. The smallest absolute Gasteiger partial charge is 0.0948 e. The van der Waals surface area contributed by atoms with Crippen molar-refractivity contribution in [2.75, 3.05) is 0 Å². The molecule has 0 aromatic heterocycles. The Labute approximate surface area is 82.2 Å². The highest BCUT2D eigenvalue weighted by Gasteiger charge is 2.52. The van der Waals surface area contributed by atoms with Crippen LogP contribution in [-0.4, -0.2) is 11.7 Å². The number of hydrogen-bond donors (Lipinski definition) is 0. The van der Waals surface area contributed by atoms with E-state index in [9.17, 15) is 0 Å². The molecule has 0 aromatic rings. The zero-order valence-electron chi connectivity index (χ0n) is 9.39. The van der Waals surface area contributed by atoms with Gasteiger partial charge in [-0.05, 0) is 39.5 Å². The molecule has 1 aliphatic heterocycles. The summed E-state index contributed by atoms with van der Waals surface area (Å²) in [6.07, 6.45) is 7.57. The minimum absolute atomic E-state index is 0.251. The van der Waals surface area contributed by atoms with Crippen LogP contribution in [0.15, 0.2) is 11.6 Å². The summed E-state index contributed by atoms with van der Waals surface area (Å²) in [5, 5.41) is 0. The van der Waals surface area contributed by atoms with E-state index in [1.807, 2.05) is 0 Å². The third-order valence-electron chi connectivity index (χ3n) is 3.00. The van der Waals surface area contributed by atoms with E-state index in [4.69, 9.17) is 4.74 Å². The predicted molar refractivity (Wildman–Crippen MR) is 56.9 cm³/mol. The highest BCUT2D eigenvalue weighted by atomic mass is 16.6. The molecule has 0 aromatic carbocycles. The van der Waals surface area contributed by atoms with Gasteiger partial charge < -0.3 is 4.74 Å². The van der Waals surface area contributed by atoms with Crippen molar-refractivity contribution in [3.05, 3.63) is 11.6 Å². The molecule has 1 aliphatic rings. The standard InChI is InChI=1S/C12H22O/c1-5-11-12(6-2,13-11)9-7-8-10(3)4/h8,11H,5-7,9H2,1-4H3. The van der Waals surface area contributed by atoms with Crippen LogP contribution in [-0.2, 0) is 4.74 Å². The van der Waals surface area contributed by atoms with Crippen molar-refractivity contribution in [1.29, 1.82) is 0 Å². The van der Waals surface area contributed by atoms with E-state index in [1.54, 1.807) is 0 Å². The van der Waals surface area contributed by atoms with Gasteiger partial charge in [-0.1, -0.05) is 25.5 Å². The first-order valence-corrected chi connectivity index (χ1v) is 5.45. The van der Waals surface area contributed by atoms with Crippen LogP contribution in [0, 0.1) is 0 Å². The molecule has 0 N–H and O–H groups in total. The Balaban J connectivity index is 2.31. The van der Waals surface area contributed by atoms with E-state index in [0.29, 0.717) is 6.10 Å². The molecule has 1 rings (SSSR count). The van der Waals surface area contributed by atoms with Gasteiger partial charge in [0.05, 0.1) is 11.7 Å². The minimum Gasteiger partial charge on any atom is -0.366 e. The Morgan fingerprint density at radius 1 is 1.38 bits per heavy atom. The maximum absolute atomic E-state index is 5.76. The second-order valence-corrected chi connectivity index (χ2v) is 4.25. The zero-order valence-corrected chi connectivity index (χ0v) is 9.39. The first-order chi connectivity index (χ1) is 6.14. The van der Waals surface area contributed by atoms with E-state index in [2.05, 4.69) is 33.8 Å². The normalized spacial score (nSPS) is 31.5. The molecule has 76 valence electrons. The molecule has 13 heavy (non-hydrogen) atoms. The zero-order chi connectivity index (χ0) is 9.90. The second-order valence-electron chi connectivity index (χ2n) is 4.25. The third kappa shape index (κ3) is 2.57. The van der Waals surface area contributed by atoms with Gasteiger partial charge >= 0.3 is 0 Å². The van der Waals surface area contributed by atoms with Gasteiger partial charge in [0.1, 0.15) is 0 Å². The number of epoxide rings is 1. The monoisotopic (exact) mass is 182 g/mol. The SMILES string of the molecule is CCC1OC1(CC)CCC=C(C)C. The van der Waals surface area contributed by atoms with Gasteiger partial charge in [-0.25, -0.2) is 0 Å². The lowest BCUT2D eigenvalue weighted by atomic mass is 9.94. The summed E-state index contributed by atoms with van der Waals surface area (Å²) in [4.78, 5) is 0. The molecule has 0 bridgehead atoms.